The number of hydrogen-bond donors (Lipinski definition) is 1. The normalized spacial score (nSPS) is 22.1. The third-order valence-electron chi connectivity index (χ3n) is 3.90. The van der Waals surface area contributed by atoms with Crippen molar-refractivity contribution in [2.24, 2.45) is 5.73 Å². The van der Waals surface area contributed by atoms with Gasteiger partial charge in [-0.3, -0.25) is 4.68 Å². The number of ether oxygens (including phenoxy) is 1. The summed E-state index contributed by atoms with van der Waals surface area (Å²) in [6, 6.07) is -0.0537. The lowest BCUT2D eigenvalue weighted by atomic mass is 10.0. The lowest BCUT2D eigenvalue weighted by molar-refractivity contribution is -0.0321. The zero-order valence-electron chi connectivity index (χ0n) is 12.6. The Morgan fingerprint density at radius 3 is 2.85 bits per heavy atom. The van der Waals surface area contributed by atoms with E-state index in [1.54, 1.807) is 0 Å². The first-order chi connectivity index (χ1) is 9.56. The highest BCUT2D eigenvalue weighted by molar-refractivity contribution is 6.31. The maximum absolute atomic E-state index is 6.43. The Morgan fingerprint density at radius 1 is 1.50 bits per heavy atom. The molecule has 0 spiro atoms. The van der Waals surface area contributed by atoms with Gasteiger partial charge < -0.3 is 15.4 Å². The molecule has 0 radical (unpaired) electrons. The molecule has 2 rings (SSSR count). The van der Waals surface area contributed by atoms with Crippen molar-refractivity contribution < 1.29 is 4.74 Å². The van der Waals surface area contributed by atoms with E-state index >= 15 is 0 Å². The van der Waals surface area contributed by atoms with Crippen molar-refractivity contribution in [1.82, 2.24) is 14.7 Å². The second-order valence-corrected chi connectivity index (χ2v) is 5.79. The second kappa shape index (κ2) is 6.89. The molecule has 0 saturated carbocycles. The van der Waals surface area contributed by atoms with Crippen molar-refractivity contribution in [2.45, 2.75) is 45.4 Å². The zero-order valence-corrected chi connectivity index (χ0v) is 13.4. The van der Waals surface area contributed by atoms with Crippen LogP contribution in [0.2, 0.25) is 5.02 Å². The van der Waals surface area contributed by atoms with Gasteiger partial charge in [0.1, 0.15) is 0 Å². The van der Waals surface area contributed by atoms with Crippen molar-refractivity contribution in [3.8, 4) is 0 Å². The van der Waals surface area contributed by atoms with Crippen LogP contribution in [-0.2, 0) is 24.1 Å². The van der Waals surface area contributed by atoms with E-state index in [2.05, 4.69) is 30.9 Å². The van der Waals surface area contributed by atoms with Crippen LogP contribution in [0.25, 0.3) is 0 Å². The second-order valence-electron chi connectivity index (χ2n) is 5.42. The smallest absolute Gasteiger partial charge is 0.0856 e. The molecule has 6 heteroatoms. The number of hydrogen-bond acceptors (Lipinski definition) is 4. The van der Waals surface area contributed by atoms with Crippen LogP contribution in [-0.4, -0.2) is 53.6 Å². The van der Waals surface area contributed by atoms with E-state index in [-0.39, 0.29) is 12.1 Å². The van der Waals surface area contributed by atoms with Gasteiger partial charge in [-0.15, -0.1) is 0 Å². The molecular weight excluding hydrogens is 276 g/mol. The van der Waals surface area contributed by atoms with E-state index in [4.69, 9.17) is 22.1 Å². The average Bonchev–Trinajstić information content (AvgIpc) is 2.75. The van der Waals surface area contributed by atoms with Gasteiger partial charge in [-0.05, 0) is 20.4 Å². The molecule has 0 aromatic carbocycles. The van der Waals surface area contributed by atoms with Crippen molar-refractivity contribution >= 4 is 11.6 Å². The van der Waals surface area contributed by atoms with Crippen molar-refractivity contribution in [2.75, 3.05) is 26.7 Å². The summed E-state index contributed by atoms with van der Waals surface area (Å²) in [4.78, 5) is 2.25. The predicted molar refractivity (Wildman–Crippen MR) is 81.2 cm³/mol. The summed E-state index contributed by atoms with van der Waals surface area (Å²) < 4.78 is 7.76. The van der Waals surface area contributed by atoms with E-state index in [1.807, 2.05) is 4.68 Å². The van der Waals surface area contributed by atoms with Gasteiger partial charge in [0, 0.05) is 32.1 Å². The monoisotopic (exact) mass is 300 g/mol. The van der Waals surface area contributed by atoms with Gasteiger partial charge in [0.15, 0.2) is 0 Å². The van der Waals surface area contributed by atoms with Gasteiger partial charge in [0.05, 0.1) is 29.1 Å². The van der Waals surface area contributed by atoms with Gasteiger partial charge in [-0.25, -0.2) is 0 Å². The van der Waals surface area contributed by atoms with Crippen LogP contribution in [0.5, 0.6) is 0 Å². The quantitative estimate of drug-likeness (QED) is 0.891. The largest absolute Gasteiger partial charge is 0.374 e. The molecule has 2 unspecified atom stereocenters. The molecule has 5 nitrogen and oxygen atoms in total. The summed E-state index contributed by atoms with van der Waals surface area (Å²) in [5.41, 5.74) is 8.33. The SMILES string of the molecule is CCc1nn(CC)c(CC(N)C2CN(C)CCO2)c1Cl. The molecule has 2 N–H and O–H groups in total. The molecule has 1 aliphatic rings. The predicted octanol–water partition coefficient (Wildman–Crippen LogP) is 1.32. The zero-order chi connectivity index (χ0) is 14.7. The minimum Gasteiger partial charge on any atom is -0.374 e. The molecule has 1 aromatic heterocycles. The fourth-order valence-corrected chi connectivity index (χ4v) is 2.98. The first-order valence-corrected chi connectivity index (χ1v) is 7.74. The van der Waals surface area contributed by atoms with Crippen LogP contribution in [0.3, 0.4) is 0 Å². The van der Waals surface area contributed by atoms with E-state index in [0.717, 1.165) is 49.1 Å². The number of rotatable bonds is 5. The first kappa shape index (κ1) is 15.8. The minimum atomic E-state index is -0.0537. The number of halogens is 1. The fourth-order valence-electron chi connectivity index (χ4n) is 2.64. The van der Waals surface area contributed by atoms with Crippen LogP contribution in [0.15, 0.2) is 0 Å². The molecule has 2 heterocycles. The van der Waals surface area contributed by atoms with Crippen molar-refractivity contribution in [1.29, 1.82) is 0 Å². The van der Waals surface area contributed by atoms with Crippen molar-refractivity contribution in [3.63, 3.8) is 0 Å². The summed E-state index contributed by atoms with van der Waals surface area (Å²) in [5, 5.41) is 5.31. The number of aromatic nitrogens is 2. The first-order valence-electron chi connectivity index (χ1n) is 7.36. The Labute approximate surface area is 126 Å². The summed E-state index contributed by atoms with van der Waals surface area (Å²) in [7, 11) is 2.10. The Balaban J connectivity index is 2.10. The molecule has 20 heavy (non-hydrogen) atoms. The van der Waals surface area contributed by atoms with Gasteiger partial charge in [0.25, 0.3) is 0 Å². The molecule has 1 fully saturated rings. The third kappa shape index (κ3) is 3.34. The van der Waals surface area contributed by atoms with Crippen LogP contribution in [0.4, 0.5) is 0 Å². The van der Waals surface area contributed by atoms with Gasteiger partial charge in [-0.1, -0.05) is 18.5 Å². The van der Waals surface area contributed by atoms with Gasteiger partial charge in [-0.2, -0.15) is 5.10 Å². The Kier molecular flexibility index (Phi) is 5.43. The number of nitrogens with zero attached hydrogens (tertiary/aromatic N) is 3. The van der Waals surface area contributed by atoms with Gasteiger partial charge >= 0.3 is 0 Å². The van der Waals surface area contributed by atoms with Crippen LogP contribution in [0.1, 0.15) is 25.2 Å². The molecular formula is C14H25ClN4O. The van der Waals surface area contributed by atoms with Crippen LogP contribution >= 0.6 is 11.6 Å². The molecule has 0 bridgehead atoms. The molecule has 0 amide bonds. The fraction of sp³-hybridized carbons (Fsp3) is 0.786. The molecule has 114 valence electrons. The van der Waals surface area contributed by atoms with E-state index in [9.17, 15) is 0 Å². The number of likely N-dealkylation sites (N-methyl/N-ethyl adjacent to an activating group) is 1. The summed E-state index contributed by atoms with van der Waals surface area (Å²) in [6.07, 6.45) is 1.62. The van der Waals surface area contributed by atoms with E-state index in [1.165, 1.54) is 0 Å². The Morgan fingerprint density at radius 2 is 2.25 bits per heavy atom. The number of aryl methyl sites for hydroxylation is 2. The standard InChI is InChI=1S/C14H25ClN4O/c1-4-11-14(15)12(19(5-2)17-11)8-10(16)13-9-18(3)6-7-20-13/h10,13H,4-9,16H2,1-3H3. The van der Waals surface area contributed by atoms with Crippen LogP contribution < -0.4 is 5.73 Å². The molecule has 1 saturated heterocycles. The highest BCUT2D eigenvalue weighted by Crippen LogP contribution is 2.23. The summed E-state index contributed by atoms with van der Waals surface area (Å²) in [5.74, 6) is 0. The Bertz CT molecular complexity index is 449. The highest BCUT2D eigenvalue weighted by Gasteiger charge is 2.26. The summed E-state index contributed by atoms with van der Waals surface area (Å²) >= 11 is 6.43. The number of morpholine rings is 1. The lowest BCUT2D eigenvalue weighted by Crippen LogP contribution is -2.50. The molecule has 1 aliphatic heterocycles. The summed E-state index contributed by atoms with van der Waals surface area (Å²) in [6.45, 7) is 7.54. The van der Waals surface area contributed by atoms with E-state index in [0.29, 0.717) is 6.42 Å². The van der Waals surface area contributed by atoms with Crippen LogP contribution in [0, 0.1) is 0 Å². The Hall–Kier alpha value is -0.620. The minimum absolute atomic E-state index is 0.0537. The maximum Gasteiger partial charge on any atom is 0.0856 e. The lowest BCUT2D eigenvalue weighted by Gasteiger charge is -2.33. The van der Waals surface area contributed by atoms with Crippen molar-refractivity contribution in [3.05, 3.63) is 16.4 Å². The highest BCUT2D eigenvalue weighted by atomic mass is 35.5. The molecule has 1 aromatic rings. The third-order valence-corrected chi connectivity index (χ3v) is 4.33. The maximum atomic E-state index is 6.43. The number of nitrogens with two attached hydrogens (primary N) is 1. The molecule has 2 atom stereocenters. The average molecular weight is 301 g/mol. The van der Waals surface area contributed by atoms with E-state index < -0.39 is 0 Å². The molecule has 0 aliphatic carbocycles. The topological polar surface area (TPSA) is 56.3 Å². The van der Waals surface area contributed by atoms with Gasteiger partial charge in [0.2, 0.25) is 0 Å².